The number of hydrogen-bond acceptors (Lipinski definition) is 9. The number of amides is 1. The molecule has 0 radical (unpaired) electrons. The molecule has 0 bridgehead atoms. The van der Waals surface area contributed by atoms with E-state index in [9.17, 15) is 18.0 Å². The van der Waals surface area contributed by atoms with Gasteiger partial charge in [0.15, 0.2) is 0 Å². The van der Waals surface area contributed by atoms with Crippen LogP contribution in [0.25, 0.3) is 5.70 Å². The number of alkyl halides is 3. The number of hydrazine groups is 1. The minimum Gasteiger partial charge on any atom is -0.396 e. The number of nitrogens with zero attached hydrogens (tertiary/aromatic N) is 3. The van der Waals surface area contributed by atoms with Gasteiger partial charge >= 0.3 is 6.18 Å². The molecule has 2 heterocycles. The van der Waals surface area contributed by atoms with E-state index in [1.807, 2.05) is 6.92 Å². The highest BCUT2D eigenvalue weighted by Crippen LogP contribution is 2.32. The molecule has 0 spiro atoms. The molecular weight excluding hydrogens is 543 g/mol. The van der Waals surface area contributed by atoms with Gasteiger partial charge in [-0.15, -0.1) is 11.3 Å². The zero-order chi connectivity index (χ0) is 28.7. The van der Waals surface area contributed by atoms with Gasteiger partial charge in [-0.25, -0.2) is 5.84 Å². The minimum absolute atomic E-state index is 0.0471. The number of aryl methyl sites for hydroxylation is 1. The van der Waals surface area contributed by atoms with Crippen LogP contribution in [0.4, 0.5) is 24.5 Å². The van der Waals surface area contributed by atoms with Crippen molar-refractivity contribution in [2.75, 3.05) is 49.7 Å². The second-order valence-electron chi connectivity index (χ2n) is 9.36. The molecular formula is C27H32F3N7O2S. The molecule has 0 aliphatic carbocycles. The third kappa shape index (κ3) is 8.02. The maximum atomic E-state index is 13.6. The fourth-order valence-corrected chi connectivity index (χ4v) is 4.74. The Balaban J connectivity index is 1.46. The Hall–Kier alpha value is -3.49. The van der Waals surface area contributed by atoms with E-state index in [2.05, 4.69) is 20.5 Å². The highest BCUT2D eigenvalue weighted by Gasteiger charge is 2.31. The van der Waals surface area contributed by atoms with Crippen LogP contribution >= 0.6 is 11.3 Å². The van der Waals surface area contributed by atoms with Crippen molar-refractivity contribution in [1.29, 1.82) is 0 Å². The van der Waals surface area contributed by atoms with Crippen molar-refractivity contribution in [1.82, 2.24) is 15.2 Å². The van der Waals surface area contributed by atoms with Crippen molar-refractivity contribution in [3.8, 4) is 0 Å². The number of aromatic nitrogens is 1. The summed E-state index contributed by atoms with van der Waals surface area (Å²) in [4.78, 5) is 20.0. The number of benzene rings is 2. The normalized spacial score (nSPS) is 14.8. The fourth-order valence-electron chi connectivity index (χ4n) is 4.20. The topological polar surface area (TPSA) is 122 Å². The standard InChI is InChI=1S/C27H32F3N7O2S/c1-18-2-3-20(12-24(18)37(32)16-23(31)25-15-34-17-40-25)26(38)35-22-11-19(10-21(13-22)27(28,29)30)14-33-4-5-36-6-8-39-9-7-36/h2-3,10-13,15-17,33H,4-9,14,31-32H2,1H3,(H,35,38)/b23-16-. The molecule has 214 valence electrons. The van der Waals surface area contributed by atoms with Crippen molar-refractivity contribution in [2.24, 2.45) is 11.6 Å². The van der Waals surface area contributed by atoms with E-state index in [0.717, 1.165) is 42.2 Å². The third-order valence-electron chi connectivity index (χ3n) is 6.36. The summed E-state index contributed by atoms with van der Waals surface area (Å²) in [5, 5.41) is 7.10. The molecule has 6 N–H and O–H groups in total. The van der Waals surface area contributed by atoms with Crippen LogP contribution in [0.1, 0.15) is 31.9 Å². The van der Waals surface area contributed by atoms with Crippen LogP contribution < -0.4 is 27.2 Å². The van der Waals surface area contributed by atoms with Gasteiger partial charge in [0.1, 0.15) is 0 Å². The maximum Gasteiger partial charge on any atom is 0.416 e. The average Bonchev–Trinajstić information content (AvgIpc) is 3.47. The van der Waals surface area contributed by atoms with Crippen molar-refractivity contribution in [3.63, 3.8) is 0 Å². The predicted molar refractivity (Wildman–Crippen MR) is 150 cm³/mol. The highest BCUT2D eigenvalue weighted by atomic mass is 32.1. The molecule has 40 heavy (non-hydrogen) atoms. The number of rotatable bonds is 10. The summed E-state index contributed by atoms with van der Waals surface area (Å²) in [6.07, 6.45) is -1.43. The average molecular weight is 576 g/mol. The van der Waals surface area contributed by atoms with E-state index in [0.29, 0.717) is 36.7 Å². The van der Waals surface area contributed by atoms with E-state index in [-0.39, 0.29) is 17.8 Å². The first-order valence-electron chi connectivity index (χ1n) is 12.6. The number of anilines is 2. The Morgan fingerprint density at radius 1 is 1.23 bits per heavy atom. The SMILES string of the molecule is Cc1ccc(C(=O)Nc2cc(CNCCN3CCOCC3)cc(C(F)(F)F)c2)cc1N(N)/C=C(\N)c1cncs1. The van der Waals surface area contributed by atoms with Gasteiger partial charge in [-0.2, -0.15) is 13.2 Å². The Morgan fingerprint density at radius 3 is 2.70 bits per heavy atom. The molecule has 0 unspecified atom stereocenters. The van der Waals surface area contributed by atoms with Crippen molar-refractivity contribution >= 4 is 34.3 Å². The van der Waals surface area contributed by atoms with Gasteiger partial charge in [0.05, 0.1) is 40.5 Å². The van der Waals surface area contributed by atoms with Crippen molar-refractivity contribution in [2.45, 2.75) is 19.6 Å². The van der Waals surface area contributed by atoms with Crippen LogP contribution in [-0.4, -0.2) is 55.2 Å². The number of morpholine rings is 1. The largest absolute Gasteiger partial charge is 0.416 e. The van der Waals surface area contributed by atoms with E-state index in [4.69, 9.17) is 16.3 Å². The quantitative estimate of drug-likeness (QED) is 0.164. The molecule has 13 heteroatoms. The lowest BCUT2D eigenvalue weighted by Crippen LogP contribution is -2.40. The lowest BCUT2D eigenvalue weighted by molar-refractivity contribution is -0.137. The van der Waals surface area contributed by atoms with E-state index < -0.39 is 17.6 Å². The van der Waals surface area contributed by atoms with Crippen LogP contribution in [0, 0.1) is 6.92 Å². The number of thiazole rings is 1. The molecule has 1 aromatic heterocycles. The molecule has 0 atom stereocenters. The minimum atomic E-state index is -4.56. The molecule has 1 saturated heterocycles. The molecule has 2 aromatic carbocycles. The summed E-state index contributed by atoms with van der Waals surface area (Å²) in [7, 11) is 0. The number of nitrogens with one attached hydrogen (secondary N) is 2. The van der Waals surface area contributed by atoms with Crippen LogP contribution in [0.15, 0.2) is 54.3 Å². The molecule has 0 saturated carbocycles. The van der Waals surface area contributed by atoms with E-state index >= 15 is 0 Å². The molecule has 3 aromatic rings. The van der Waals surface area contributed by atoms with Gasteiger partial charge in [-0.1, -0.05) is 6.07 Å². The van der Waals surface area contributed by atoms with E-state index in [1.165, 1.54) is 28.6 Å². The molecule has 1 aliphatic heterocycles. The third-order valence-corrected chi connectivity index (χ3v) is 7.18. The molecule has 1 amide bonds. The second-order valence-corrected chi connectivity index (χ2v) is 10.2. The molecule has 9 nitrogen and oxygen atoms in total. The molecule has 4 rings (SSSR count). The monoisotopic (exact) mass is 575 g/mol. The van der Waals surface area contributed by atoms with Crippen LogP contribution in [0.5, 0.6) is 0 Å². The first kappa shape index (κ1) is 29.5. The maximum absolute atomic E-state index is 13.6. The first-order chi connectivity index (χ1) is 19.1. The molecule has 1 aliphatic rings. The second kappa shape index (κ2) is 13.2. The highest BCUT2D eigenvalue weighted by molar-refractivity contribution is 7.10. The summed E-state index contributed by atoms with van der Waals surface area (Å²) in [6.45, 7) is 6.45. The van der Waals surface area contributed by atoms with Crippen molar-refractivity contribution in [3.05, 3.63) is 81.4 Å². The van der Waals surface area contributed by atoms with Crippen LogP contribution in [0.2, 0.25) is 0 Å². The zero-order valence-corrected chi connectivity index (χ0v) is 22.8. The number of ether oxygens (including phenoxy) is 1. The Bertz CT molecular complexity index is 1330. The van der Waals surface area contributed by atoms with Gasteiger partial charge in [0, 0.05) is 56.4 Å². The van der Waals surface area contributed by atoms with Crippen LogP contribution in [-0.2, 0) is 17.5 Å². The van der Waals surface area contributed by atoms with Gasteiger partial charge in [-0.3, -0.25) is 19.7 Å². The van der Waals surface area contributed by atoms with Crippen LogP contribution in [0.3, 0.4) is 0 Å². The number of nitrogens with two attached hydrogens (primary N) is 2. The smallest absolute Gasteiger partial charge is 0.396 e. The van der Waals surface area contributed by atoms with Gasteiger partial charge in [0.25, 0.3) is 5.91 Å². The lowest BCUT2D eigenvalue weighted by Gasteiger charge is -2.26. The van der Waals surface area contributed by atoms with Gasteiger partial charge in [0.2, 0.25) is 0 Å². The Kier molecular flexibility index (Phi) is 9.76. The first-order valence-corrected chi connectivity index (χ1v) is 13.5. The Labute approximate surface area is 234 Å². The summed E-state index contributed by atoms with van der Waals surface area (Å²) in [6, 6.07) is 8.41. The lowest BCUT2D eigenvalue weighted by atomic mass is 10.1. The summed E-state index contributed by atoms with van der Waals surface area (Å²) in [5.74, 6) is 5.64. The molecule has 1 fully saturated rings. The van der Waals surface area contributed by atoms with Gasteiger partial charge in [-0.05, 0) is 48.4 Å². The summed E-state index contributed by atoms with van der Waals surface area (Å²) < 4.78 is 46.3. The number of hydrogen-bond donors (Lipinski definition) is 4. The number of carbonyl (C=O) groups is 1. The summed E-state index contributed by atoms with van der Waals surface area (Å²) in [5.41, 5.74) is 9.27. The predicted octanol–water partition coefficient (Wildman–Crippen LogP) is 3.78. The fraction of sp³-hybridized carbons (Fsp3) is 0.333. The Morgan fingerprint density at radius 2 is 2.00 bits per heavy atom. The van der Waals surface area contributed by atoms with E-state index in [1.54, 1.807) is 29.9 Å². The number of carbonyl (C=O) groups excluding carboxylic acids is 1. The van der Waals surface area contributed by atoms with Gasteiger partial charge < -0.3 is 21.1 Å². The summed E-state index contributed by atoms with van der Waals surface area (Å²) >= 11 is 1.36. The number of halogens is 3. The van der Waals surface area contributed by atoms with Crippen molar-refractivity contribution < 1.29 is 22.7 Å². The zero-order valence-electron chi connectivity index (χ0n) is 22.0.